The number of benzene rings is 1. The minimum Gasteiger partial charge on any atom is -0.504 e. The molecule has 0 aliphatic rings. The number of hydrogen-bond acceptors (Lipinski definition) is 3. The molecule has 1 atom stereocenters. The first-order valence-electron chi connectivity index (χ1n) is 4.39. The number of hydrogen-bond donors (Lipinski definition) is 2. The molecule has 0 aliphatic heterocycles. The van der Waals surface area contributed by atoms with Crippen molar-refractivity contribution in [1.29, 1.82) is 0 Å². The highest BCUT2D eigenvalue weighted by Gasteiger charge is 2.18. The minimum atomic E-state index is -0.902. The fraction of sp³-hybridized carbons (Fsp3) is 0.400. The van der Waals surface area contributed by atoms with Gasteiger partial charge in [0.15, 0.2) is 11.5 Å². The predicted octanol–water partition coefficient (Wildman–Crippen LogP) is 2.12. The largest absolute Gasteiger partial charge is 0.504 e. The van der Waals surface area contributed by atoms with Gasteiger partial charge < -0.3 is 14.9 Å². The summed E-state index contributed by atoms with van der Waals surface area (Å²) in [5.74, 6) is -1.62. The Labute approximate surface area is 92.1 Å². The van der Waals surface area contributed by atoms with Crippen LogP contribution in [0.4, 0.5) is 4.39 Å². The van der Waals surface area contributed by atoms with Gasteiger partial charge >= 0.3 is 0 Å². The average molecular weight is 235 g/mol. The predicted molar refractivity (Wildman–Crippen MR) is 55.0 cm³/mol. The lowest BCUT2D eigenvalue weighted by Gasteiger charge is -2.12. The van der Waals surface area contributed by atoms with Gasteiger partial charge in [0.1, 0.15) is 0 Å². The van der Waals surface area contributed by atoms with Gasteiger partial charge in [-0.25, -0.2) is 0 Å². The topological polar surface area (TPSA) is 49.7 Å². The van der Waals surface area contributed by atoms with Crippen molar-refractivity contribution in [3.05, 3.63) is 22.5 Å². The number of aliphatic hydroxyl groups excluding tert-OH is 1. The third-order valence-electron chi connectivity index (χ3n) is 1.95. The minimum absolute atomic E-state index is 0.0854. The van der Waals surface area contributed by atoms with Crippen molar-refractivity contribution in [3.63, 3.8) is 0 Å². The van der Waals surface area contributed by atoms with Crippen LogP contribution in [0, 0.1) is 5.82 Å². The Balaban J connectivity index is 3.25. The first-order chi connectivity index (χ1) is 6.97. The molecule has 0 saturated heterocycles. The number of rotatable bonds is 3. The molecule has 15 heavy (non-hydrogen) atoms. The van der Waals surface area contributed by atoms with Crippen LogP contribution in [0.5, 0.6) is 11.5 Å². The fourth-order valence-electron chi connectivity index (χ4n) is 1.33. The van der Waals surface area contributed by atoms with E-state index in [4.69, 9.17) is 16.3 Å². The Morgan fingerprint density at radius 1 is 1.60 bits per heavy atom. The molecule has 2 N–H and O–H groups in total. The van der Waals surface area contributed by atoms with E-state index in [1.54, 1.807) is 6.92 Å². The Bertz CT molecular complexity index is 366. The second kappa shape index (κ2) is 4.68. The highest BCUT2D eigenvalue weighted by Crippen LogP contribution is 2.36. The number of halogens is 2. The van der Waals surface area contributed by atoms with Crippen molar-refractivity contribution in [1.82, 2.24) is 0 Å². The summed E-state index contributed by atoms with van der Waals surface area (Å²) in [5, 5.41) is 18.3. The van der Waals surface area contributed by atoms with Gasteiger partial charge in [-0.1, -0.05) is 11.6 Å². The van der Waals surface area contributed by atoms with Crippen LogP contribution in [0.15, 0.2) is 6.07 Å². The summed E-state index contributed by atoms with van der Waals surface area (Å²) in [7, 11) is 1.29. The molecule has 5 heteroatoms. The van der Waals surface area contributed by atoms with E-state index in [1.165, 1.54) is 13.2 Å². The maximum absolute atomic E-state index is 13.4. The summed E-state index contributed by atoms with van der Waals surface area (Å²) in [5.41, 5.74) is 0.424. The second-order valence-corrected chi connectivity index (χ2v) is 3.67. The van der Waals surface area contributed by atoms with E-state index in [-0.39, 0.29) is 17.2 Å². The summed E-state index contributed by atoms with van der Waals surface area (Å²) in [6.45, 7) is 1.57. The first kappa shape index (κ1) is 12.1. The number of ether oxygens (including phenoxy) is 1. The SMILES string of the molecule is COc1c(CC(C)O)cc(Cl)c(O)c1F. The second-order valence-electron chi connectivity index (χ2n) is 3.27. The van der Waals surface area contributed by atoms with Crippen LogP contribution in [-0.2, 0) is 6.42 Å². The lowest BCUT2D eigenvalue weighted by Crippen LogP contribution is -2.07. The van der Waals surface area contributed by atoms with Crippen LogP contribution in [0.3, 0.4) is 0 Å². The number of methoxy groups -OCH3 is 1. The quantitative estimate of drug-likeness (QED) is 0.842. The van der Waals surface area contributed by atoms with E-state index in [9.17, 15) is 14.6 Å². The van der Waals surface area contributed by atoms with Gasteiger partial charge in [-0.3, -0.25) is 0 Å². The maximum Gasteiger partial charge on any atom is 0.208 e. The average Bonchev–Trinajstić information content (AvgIpc) is 2.14. The molecule has 0 bridgehead atoms. The van der Waals surface area contributed by atoms with Crippen molar-refractivity contribution in [2.45, 2.75) is 19.4 Å². The van der Waals surface area contributed by atoms with E-state index in [0.29, 0.717) is 5.56 Å². The van der Waals surface area contributed by atoms with Gasteiger partial charge in [0.05, 0.1) is 18.2 Å². The summed E-state index contributed by atoms with van der Waals surface area (Å²) in [6, 6.07) is 1.38. The van der Waals surface area contributed by atoms with Crippen LogP contribution in [-0.4, -0.2) is 23.4 Å². The Morgan fingerprint density at radius 3 is 2.67 bits per heavy atom. The van der Waals surface area contributed by atoms with E-state index in [2.05, 4.69) is 0 Å². The van der Waals surface area contributed by atoms with Crippen LogP contribution in [0.2, 0.25) is 5.02 Å². The molecule has 1 rings (SSSR count). The fourth-order valence-corrected chi connectivity index (χ4v) is 1.55. The van der Waals surface area contributed by atoms with E-state index in [0.717, 1.165) is 0 Å². The molecular weight excluding hydrogens is 223 g/mol. The molecule has 0 aromatic heterocycles. The van der Waals surface area contributed by atoms with Crippen LogP contribution in [0.25, 0.3) is 0 Å². The zero-order valence-corrected chi connectivity index (χ0v) is 9.18. The van der Waals surface area contributed by atoms with E-state index >= 15 is 0 Å². The monoisotopic (exact) mass is 234 g/mol. The lowest BCUT2D eigenvalue weighted by molar-refractivity contribution is 0.193. The molecule has 0 saturated carbocycles. The van der Waals surface area contributed by atoms with Gasteiger partial charge in [0, 0.05) is 12.0 Å². The highest BCUT2D eigenvalue weighted by molar-refractivity contribution is 6.32. The molecule has 0 amide bonds. The summed E-state index contributed by atoms with van der Waals surface area (Å²) in [6.07, 6.45) is -0.431. The lowest BCUT2D eigenvalue weighted by atomic mass is 10.1. The van der Waals surface area contributed by atoms with Gasteiger partial charge in [0.2, 0.25) is 5.82 Å². The molecule has 0 fully saturated rings. The highest BCUT2D eigenvalue weighted by atomic mass is 35.5. The standard InChI is InChI=1S/C10H12ClFO3/c1-5(13)3-6-4-7(11)9(14)8(12)10(6)15-2/h4-5,13-14H,3H2,1-2H3. The Hall–Kier alpha value is -1.00. The third kappa shape index (κ3) is 2.52. The maximum atomic E-state index is 13.4. The molecule has 3 nitrogen and oxygen atoms in total. The summed E-state index contributed by atoms with van der Waals surface area (Å²) < 4.78 is 18.2. The van der Waals surface area contributed by atoms with Crippen molar-refractivity contribution < 1.29 is 19.3 Å². The zero-order chi connectivity index (χ0) is 11.6. The van der Waals surface area contributed by atoms with Crippen molar-refractivity contribution in [2.75, 3.05) is 7.11 Å². The van der Waals surface area contributed by atoms with Crippen molar-refractivity contribution in [3.8, 4) is 11.5 Å². The molecule has 0 heterocycles. The van der Waals surface area contributed by atoms with Crippen molar-refractivity contribution >= 4 is 11.6 Å². The molecule has 1 aromatic carbocycles. The molecule has 0 radical (unpaired) electrons. The summed E-state index contributed by atoms with van der Waals surface area (Å²) >= 11 is 5.60. The third-order valence-corrected chi connectivity index (χ3v) is 2.23. The smallest absolute Gasteiger partial charge is 0.208 e. The van der Waals surface area contributed by atoms with Gasteiger partial charge in [-0.15, -0.1) is 0 Å². The number of aromatic hydroxyl groups is 1. The molecule has 0 spiro atoms. The number of phenolic OH excluding ortho intramolecular Hbond substituents is 1. The van der Waals surface area contributed by atoms with Crippen LogP contribution < -0.4 is 4.74 Å². The molecule has 0 aliphatic carbocycles. The van der Waals surface area contributed by atoms with Crippen molar-refractivity contribution in [2.24, 2.45) is 0 Å². The number of aliphatic hydroxyl groups is 1. The Morgan fingerprint density at radius 2 is 2.20 bits per heavy atom. The molecule has 1 aromatic rings. The first-order valence-corrected chi connectivity index (χ1v) is 4.77. The number of phenols is 1. The zero-order valence-electron chi connectivity index (χ0n) is 8.42. The van der Waals surface area contributed by atoms with Gasteiger partial charge in [-0.05, 0) is 13.0 Å². The van der Waals surface area contributed by atoms with Gasteiger partial charge in [0.25, 0.3) is 0 Å². The Kier molecular flexibility index (Phi) is 3.77. The summed E-state index contributed by atoms with van der Waals surface area (Å²) in [4.78, 5) is 0. The molecule has 1 unspecified atom stereocenters. The molecular formula is C10H12ClFO3. The normalized spacial score (nSPS) is 12.6. The van der Waals surface area contributed by atoms with E-state index in [1.807, 2.05) is 0 Å². The van der Waals surface area contributed by atoms with E-state index < -0.39 is 17.7 Å². The van der Waals surface area contributed by atoms with Crippen LogP contribution in [0.1, 0.15) is 12.5 Å². The van der Waals surface area contributed by atoms with Crippen LogP contribution >= 0.6 is 11.6 Å². The van der Waals surface area contributed by atoms with Gasteiger partial charge in [-0.2, -0.15) is 4.39 Å². The molecule has 84 valence electrons.